The molecule has 0 radical (unpaired) electrons. The van der Waals surface area contributed by atoms with E-state index in [1.165, 1.54) is 0 Å². The van der Waals surface area contributed by atoms with Crippen molar-refractivity contribution < 1.29 is 13.9 Å². The molecule has 0 aliphatic carbocycles. The van der Waals surface area contributed by atoms with Gasteiger partial charge in [-0.1, -0.05) is 0 Å². The molecule has 5 rings (SSSR count). The van der Waals surface area contributed by atoms with Gasteiger partial charge in [-0.05, 0) is 30.3 Å². The second kappa shape index (κ2) is 7.40. The van der Waals surface area contributed by atoms with Crippen LogP contribution in [0.15, 0.2) is 59.6 Å². The number of morpholine rings is 1. The average molecular weight is 389 g/mol. The standard InChI is InChI=1S/C21H19N5O3/c27-21-17(16-10-14(11-24-20(16)25-21)18-2-1-7-29-18)13-22-15-3-4-19(23-12-15)26-5-8-28-9-6-26/h1-4,7,10-13,22H,5-6,8-9H2,(H,24,25,27)/b17-13-. The van der Waals surface area contributed by atoms with Gasteiger partial charge < -0.3 is 24.7 Å². The average Bonchev–Trinajstić information content (AvgIpc) is 3.40. The molecule has 3 aromatic heterocycles. The minimum absolute atomic E-state index is 0.200. The van der Waals surface area contributed by atoms with Crippen LogP contribution >= 0.6 is 0 Å². The number of hydrogen-bond donors (Lipinski definition) is 2. The fourth-order valence-corrected chi connectivity index (χ4v) is 3.39. The molecule has 0 atom stereocenters. The molecule has 1 amide bonds. The molecule has 2 aliphatic heterocycles. The van der Waals surface area contributed by atoms with Crippen LogP contribution in [0.2, 0.25) is 0 Å². The Morgan fingerprint density at radius 1 is 1.14 bits per heavy atom. The maximum atomic E-state index is 12.4. The number of nitrogens with zero attached hydrogens (tertiary/aromatic N) is 3. The molecule has 0 aromatic carbocycles. The van der Waals surface area contributed by atoms with E-state index in [1.54, 1.807) is 24.9 Å². The Bertz CT molecular complexity index is 1050. The van der Waals surface area contributed by atoms with Crippen LogP contribution in [-0.4, -0.2) is 42.2 Å². The van der Waals surface area contributed by atoms with Crippen LogP contribution in [0, 0.1) is 0 Å². The highest BCUT2D eigenvalue weighted by atomic mass is 16.5. The van der Waals surface area contributed by atoms with Gasteiger partial charge in [-0.2, -0.15) is 0 Å². The van der Waals surface area contributed by atoms with Gasteiger partial charge in [0.05, 0.1) is 36.9 Å². The van der Waals surface area contributed by atoms with Gasteiger partial charge in [0.2, 0.25) is 0 Å². The van der Waals surface area contributed by atoms with Gasteiger partial charge >= 0.3 is 0 Å². The van der Waals surface area contributed by atoms with Gasteiger partial charge in [0.25, 0.3) is 5.91 Å². The number of ether oxygens (including phenoxy) is 1. The van der Waals surface area contributed by atoms with Gasteiger partial charge in [-0.15, -0.1) is 0 Å². The minimum Gasteiger partial charge on any atom is -0.464 e. The number of rotatable bonds is 4. The monoisotopic (exact) mass is 389 g/mol. The molecule has 0 unspecified atom stereocenters. The van der Waals surface area contributed by atoms with Crippen molar-refractivity contribution in [2.45, 2.75) is 0 Å². The van der Waals surface area contributed by atoms with Crippen molar-refractivity contribution in [3.8, 4) is 11.3 Å². The number of anilines is 3. The molecule has 2 N–H and O–H groups in total. The van der Waals surface area contributed by atoms with Crippen LogP contribution < -0.4 is 15.5 Å². The van der Waals surface area contributed by atoms with E-state index in [2.05, 4.69) is 25.5 Å². The van der Waals surface area contributed by atoms with E-state index in [-0.39, 0.29) is 5.91 Å². The first-order chi connectivity index (χ1) is 14.3. The van der Waals surface area contributed by atoms with Crippen LogP contribution in [0.4, 0.5) is 17.3 Å². The van der Waals surface area contributed by atoms with Crippen molar-refractivity contribution >= 4 is 28.8 Å². The molecule has 146 valence electrons. The van der Waals surface area contributed by atoms with E-state index in [0.717, 1.165) is 48.9 Å². The highest BCUT2D eigenvalue weighted by molar-refractivity contribution is 6.31. The molecule has 1 fully saturated rings. The summed E-state index contributed by atoms with van der Waals surface area (Å²) in [4.78, 5) is 23.4. The maximum Gasteiger partial charge on any atom is 0.259 e. The zero-order chi connectivity index (χ0) is 19.6. The third-order valence-electron chi connectivity index (χ3n) is 4.93. The summed E-state index contributed by atoms with van der Waals surface area (Å²) < 4.78 is 10.8. The van der Waals surface area contributed by atoms with Crippen molar-refractivity contribution in [1.29, 1.82) is 0 Å². The molecule has 2 aliphatic rings. The fourth-order valence-electron chi connectivity index (χ4n) is 3.39. The van der Waals surface area contributed by atoms with Gasteiger partial charge in [-0.25, -0.2) is 9.97 Å². The van der Waals surface area contributed by atoms with Crippen LogP contribution in [-0.2, 0) is 9.53 Å². The summed E-state index contributed by atoms with van der Waals surface area (Å²) >= 11 is 0. The smallest absolute Gasteiger partial charge is 0.259 e. The van der Waals surface area contributed by atoms with Crippen LogP contribution in [0.5, 0.6) is 0 Å². The summed E-state index contributed by atoms with van der Waals surface area (Å²) in [6, 6.07) is 9.48. The number of aromatic nitrogens is 2. The Labute approximate surface area is 167 Å². The first kappa shape index (κ1) is 17.4. The summed E-state index contributed by atoms with van der Waals surface area (Å²) in [7, 11) is 0. The molecule has 8 nitrogen and oxygen atoms in total. The predicted molar refractivity (Wildman–Crippen MR) is 109 cm³/mol. The number of amides is 1. The van der Waals surface area contributed by atoms with E-state index in [9.17, 15) is 4.79 Å². The second-order valence-electron chi connectivity index (χ2n) is 6.76. The SMILES string of the molecule is O=C1Nc2ncc(-c3ccco3)cc2/C1=C/Nc1ccc(N2CCOCC2)nc1. The Balaban J connectivity index is 1.36. The number of fused-ring (bicyclic) bond motifs is 1. The quantitative estimate of drug-likeness (QED) is 0.663. The zero-order valence-corrected chi connectivity index (χ0v) is 15.6. The first-order valence-corrected chi connectivity index (χ1v) is 9.39. The van der Waals surface area contributed by atoms with E-state index < -0.39 is 0 Å². The molecule has 3 aromatic rings. The number of carbonyl (C=O) groups excluding carboxylic acids is 1. The Morgan fingerprint density at radius 2 is 2.03 bits per heavy atom. The molecular formula is C21H19N5O3. The lowest BCUT2D eigenvalue weighted by molar-refractivity contribution is -0.110. The predicted octanol–water partition coefficient (Wildman–Crippen LogP) is 2.98. The van der Waals surface area contributed by atoms with Crippen LogP contribution in [0.3, 0.4) is 0 Å². The number of furan rings is 1. The van der Waals surface area contributed by atoms with E-state index in [1.807, 2.05) is 30.3 Å². The molecule has 5 heterocycles. The van der Waals surface area contributed by atoms with Gasteiger partial charge in [0.15, 0.2) is 0 Å². The lowest BCUT2D eigenvalue weighted by Gasteiger charge is -2.27. The molecule has 0 spiro atoms. The van der Waals surface area contributed by atoms with E-state index in [0.29, 0.717) is 17.2 Å². The van der Waals surface area contributed by atoms with Crippen molar-refractivity contribution in [3.63, 3.8) is 0 Å². The van der Waals surface area contributed by atoms with E-state index >= 15 is 0 Å². The number of carbonyl (C=O) groups is 1. The molecule has 29 heavy (non-hydrogen) atoms. The number of pyridine rings is 2. The largest absolute Gasteiger partial charge is 0.464 e. The van der Waals surface area contributed by atoms with Crippen LogP contribution in [0.1, 0.15) is 5.56 Å². The van der Waals surface area contributed by atoms with Gasteiger partial charge in [-0.3, -0.25) is 4.79 Å². The maximum absolute atomic E-state index is 12.4. The number of nitrogens with one attached hydrogen (secondary N) is 2. The second-order valence-corrected chi connectivity index (χ2v) is 6.76. The van der Waals surface area contributed by atoms with Crippen molar-refractivity contribution in [3.05, 3.63) is 60.8 Å². The highest BCUT2D eigenvalue weighted by Crippen LogP contribution is 2.33. The Morgan fingerprint density at radius 3 is 2.79 bits per heavy atom. The van der Waals surface area contributed by atoms with Crippen molar-refractivity contribution in [2.75, 3.05) is 41.8 Å². The topological polar surface area (TPSA) is 92.5 Å². The summed E-state index contributed by atoms with van der Waals surface area (Å²) in [5.41, 5.74) is 2.85. The van der Waals surface area contributed by atoms with Gasteiger partial charge in [0, 0.05) is 36.6 Å². The van der Waals surface area contributed by atoms with E-state index in [4.69, 9.17) is 9.15 Å². The molecule has 0 bridgehead atoms. The third-order valence-corrected chi connectivity index (χ3v) is 4.93. The van der Waals surface area contributed by atoms with Crippen LogP contribution in [0.25, 0.3) is 16.9 Å². The highest BCUT2D eigenvalue weighted by Gasteiger charge is 2.26. The van der Waals surface area contributed by atoms with Crippen molar-refractivity contribution in [1.82, 2.24) is 9.97 Å². The lowest BCUT2D eigenvalue weighted by Crippen LogP contribution is -2.36. The molecular weight excluding hydrogens is 370 g/mol. The molecule has 1 saturated heterocycles. The molecule has 8 heteroatoms. The first-order valence-electron chi connectivity index (χ1n) is 9.39. The Hall–Kier alpha value is -3.65. The summed E-state index contributed by atoms with van der Waals surface area (Å²) in [6.07, 6.45) is 6.73. The third kappa shape index (κ3) is 3.45. The molecule has 0 saturated carbocycles. The summed E-state index contributed by atoms with van der Waals surface area (Å²) in [6.45, 7) is 3.12. The zero-order valence-electron chi connectivity index (χ0n) is 15.6. The van der Waals surface area contributed by atoms with Crippen molar-refractivity contribution in [2.24, 2.45) is 0 Å². The lowest BCUT2D eigenvalue weighted by atomic mass is 10.1. The fraction of sp³-hybridized carbons (Fsp3) is 0.190. The summed E-state index contributed by atoms with van der Waals surface area (Å²) in [5.74, 6) is 1.96. The van der Waals surface area contributed by atoms with Gasteiger partial charge in [0.1, 0.15) is 17.4 Å². The number of hydrogen-bond acceptors (Lipinski definition) is 7. The summed E-state index contributed by atoms with van der Waals surface area (Å²) in [5, 5.41) is 5.95. The minimum atomic E-state index is -0.200. The Kier molecular flexibility index (Phi) is 4.45. The normalized spacial score (nSPS) is 17.3.